The minimum Gasteiger partial charge on any atom is -0.376 e. The lowest BCUT2D eigenvalue weighted by Crippen LogP contribution is -2.33. The molecule has 2 aliphatic rings. The van der Waals surface area contributed by atoms with E-state index < -0.39 is 0 Å². The highest BCUT2D eigenvalue weighted by Crippen LogP contribution is 2.30. The second-order valence-electron chi connectivity index (χ2n) is 4.13. The van der Waals surface area contributed by atoms with Crippen LogP contribution in [0, 0.1) is 0 Å². The molecule has 88 valence electrons. The molecule has 4 nitrogen and oxygen atoms in total. The first-order valence-corrected chi connectivity index (χ1v) is 5.74. The molecule has 0 aliphatic carbocycles. The van der Waals surface area contributed by atoms with Crippen LogP contribution >= 0.6 is 0 Å². The van der Waals surface area contributed by atoms with Crippen LogP contribution in [0.4, 0.5) is 0 Å². The third-order valence-corrected chi connectivity index (χ3v) is 3.10. The second-order valence-corrected chi connectivity index (χ2v) is 4.13. The van der Waals surface area contributed by atoms with Gasteiger partial charge in [0.25, 0.3) is 0 Å². The van der Waals surface area contributed by atoms with Crippen molar-refractivity contribution in [1.82, 2.24) is 0 Å². The lowest BCUT2D eigenvalue weighted by molar-refractivity contribution is -0.0422. The molecule has 0 aromatic heterocycles. The Kier molecular flexibility index (Phi) is 3.97. The van der Waals surface area contributed by atoms with Crippen molar-refractivity contribution in [3.05, 3.63) is 0 Å². The normalized spacial score (nSPS) is 39.6. The largest absolute Gasteiger partial charge is 0.376 e. The molecular formula is C11H20O4. The lowest BCUT2D eigenvalue weighted by atomic mass is 10.1. The summed E-state index contributed by atoms with van der Waals surface area (Å²) in [7, 11) is 1.70. The van der Waals surface area contributed by atoms with Crippen LogP contribution in [0.25, 0.3) is 0 Å². The zero-order valence-electron chi connectivity index (χ0n) is 9.48. The molecule has 0 bridgehead atoms. The van der Waals surface area contributed by atoms with Gasteiger partial charge in [0.2, 0.25) is 0 Å². The third kappa shape index (κ3) is 2.33. The minimum absolute atomic E-state index is 0.0710. The van der Waals surface area contributed by atoms with Gasteiger partial charge in [0, 0.05) is 13.7 Å². The van der Waals surface area contributed by atoms with Crippen molar-refractivity contribution in [1.29, 1.82) is 0 Å². The fraction of sp³-hybridized carbons (Fsp3) is 1.00. The van der Waals surface area contributed by atoms with Gasteiger partial charge in [-0.2, -0.15) is 0 Å². The molecule has 4 atom stereocenters. The van der Waals surface area contributed by atoms with Gasteiger partial charge in [-0.3, -0.25) is 0 Å². The maximum atomic E-state index is 5.74. The highest BCUT2D eigenvalue weighted by Gasteiger charge is 2.48. The number of ether oxygens (including phenoxy) is 4. The van der Waals surface area contributed by atoms with Gasteiger partial charge in [-0.05, 0) is 6.42 Å². The van der Waals surface area contributed by atoms with Crippen LogP contribution in [0.5, 0.6) is 0 Å². The van der Waals surface area contributed by atoms with Gasteiger partial charge in [-0.15, -0.1) is 0 Å². The first-order valence-electron chi connectivity index (χ1n) is 5.74. The van der Waals surface area contributed by atoms with Crippen molar-refractivity contribution in [3.8, 4) is 0 Å². The minimum atomic E-state index is 0.0710. The van der Waals surface area contributed by atoms with Crippen LogP contribution in [0.3, 0.4) is 0 Å². The van der Waals surface area contributed by atoms with Crippen LogP contribution in [-0.4, -0.2) is 51.3 Å². The Morgan fingerprint density at radius 3 is 2.47 bits per heavy atom. The monoisotopic (exact) mass is 216 g/mol. The molecule has 2 saturated heterocycles. The number of methoxy groups -OCH3 is 1. The van der Waals surface area contributed by atoms with Gasteiger partial charge in [-0.1, -0.05) is 13.3 Å². The molecule has 0 N–H and O–H groups in total. The number of hydrogen-bond donors (Lipinski definition) is 0. The van der Waals surface area contributed by atoms with Crippen LogP contribution in [-0.2, 0) is 18.9 Å². The first kappa shape index (κ1) is 11.3. The molecule has 2 aliphatic heterocycles. The summed E-state index contributed by atoms with van der Waals surface area (Å²) in [6, 6.07) is 0. The van der Waals surface area contributed by atoms with Gasteiger partial charge in [-0.25, -0.2) is 0 Å². The molecule has 4 heteroatoms. The van der Waals surface area contributed by atoms with E-state index >= 15 is 0 Å². The summed E-state index contributed by atoms with van der Waals surface area (Å²) in [5.41, 5.74) is 0. The summed E-state index contributed by atoms with van der Waals surface area (Å²) in [5.74, 6) is 0. The lowest BCUT2D eigenvalue weighted by Gasteiger charge is -2.16. The maximum absolute atomic E-state index is 5.74. The van der Waals surface area contributed by atoms with E-state index in [0.717, 1.165) is 19.4 Å². The molecule has 0 amide bonds. The van der Waals surface area contributed by atoms with E-state index in [0.29, 0.717) is 13.2 Å². The Morgan fingerprint density at radius 2 is 1.80 bits per heavy atom. The Balaban J connectivity index is 1.80. The molecule has 2 rings (SSSR count). The Labute approximate surface area is 90.8 Å². The molecule has 2 fully saturated rings. The van der Waals surface area contributed by atoms with E-state index in [2.05, 4.69) is 6.92 Å². The predicted octanol–water partition coefficient (Wildman–Crippen LogP) is 0.984. The van der Waals surface area contributed by atoms with Gasteiger partial charge in [0.05, 0.1) is 13.2 Å². The molecule has 4 unspecified atom stereocenters. The number of hydrogen-bond acceptors (Lipinski definition) is 4. The molecular weight excluding hydrogens is 196 g/mol. The zero-order chi connectivity index (χ0) is 10.7. The van der Waals surface area contributed by atoms with Crippen LogP contribution in [0.2, 0.25) is 0 Å². The fourth-order valence-electron chi connectivity index (χ4n) is 2.15. The predicted molar refractivity (Wildman–Crippen MR) is 54.9 cm³/mol. The van der Waals surface area contributed by atoms with Crippen molar-refractivity contribution < 1.29 is 18.9 Å². The van der Waals surface area contributed by atoms with Crippen molar-refractivity contribution in [3.63, 3.8) is 0 Å². The van der Waals surface area contributed by atoms with E-state index in [1.807, 2.05) is 0 Å². The Bertz CT molecular complexity index is 197. The zero-order valence-corrected chi connectivity index (χ0v) is 9.48. The SMILES string of the molecule is CCCCOC1COC2C(OC)COC12. The van der Waals surface area contributed by atoms with Gasteiger partial charge in [0.15, 0.2) is 0 Å². The quantitative estimate of drug-likeness (QED) is 0.642. The van der Waals surface area contributed by atoms with E-state index in [-0.39, 0.29) is 24.4 Å². The first-order chi connectivity index (χ1) is 7.36. The van der Waals surface area contributed by atoms with E-state index in [1.165, 1.54) is 0 Å². The topological polar surface area (TPSA) is 36.9 Å². The van der Waals surface area contributed by atoms with Crippen LogP contribution < -0.4 is 0 Å². The molecule has 15 heavy (non-hydrogen) atoms. The summed E-state index contributed by atoms with van der Waals surface area (Å²) >= 11 is 0. The number of rotatable bonds is 5. The van der Waals surface area contributed by atoms with Gasteiger partial charge >= 0.3 is 0 Å². The number of unbranched alkanes of at least 4 members (excludes halogenated alkanes) is 1. The van der Waals surface area contributed by atoms with E-state index in [4.69, 9.17) is 18.9 Å². The molecule has 0 saturated carbocycles. The molecule has 2 heterocycles. The molecule has 0 spiro atoms. The third-order valence-electron chi connectivity index (χ3n) is 3.10. The summed E-state index contributed by atoms with van der Waals surface area (Å²) in [6.45, 7) is 4.22. The van der Waals surface area contributed by atoms with Crippen molar-refractivity contribution in [2.45, 2.75) is 44.2 Å². The Morgan fingerprint density at radius 1 is 1.13 bits per heavy atom. The average Bonchev–Trinajstić information content (AvgIpc) is 2.80. The van der Waals surface area contributed by atoms with Crippen LogP contribution in [0.15, 0.2) is 0 Å². The summed E-state index contributed by atoms with van der Waals surface area (Å²) in [5, 5.41) is 0. The van der Waals surface area contributed by atoms with Crippen molar-refractivity contribution in [2.24, 2.45) is 0 Å². The van der Waals surface area contributed by atoms with Crippen molar-refractivity contribution in [2.75, 3.05) is 26.9 Å². The van der Waals surface area contributed by atoms with Crippen LogP contribution in [0.1, 0.15) is 19.8 Å². The maximum Gasteiger partial charge on any atom is 0.115 e. The van der Waals surface area contributed by atoms with Gasteiger partial charge < -0.3 is 18.9 Å². The van der Waals surface area contributed by atoms with Crippen molar-refractivity contribution >= 4 is 0 Å². The highest BCUT2D eigenvalue weighted by molar-refractivity contribution is 4.95. The van der Waals surface area contributed by atoms with Gasteiger partial charge in [0.1, 0.15) is 24.4 Å². The van der Waals surface area contributed by atoms with E-state index in [1.54, 1.807) is 7.11 Å². The summed E-state index contributed by atoms with van der Waals surface area (Å²) in [6.07, 6.45) is 2.58. The summed E-state index contributed by atoms with van der Waals surface area (Å²) < 4.78 is 22.3. The van der Waals surface area contributed by atoms with E-state index in [9.17, 15) is 0 Å². The Hall–Kier alpha value is -0.160. The molecule has 0 aromatic carbocycles. The highest BCUT2D eigenvalue weighted by atomic mass is 16.6. The molecule has 0 radical (unpaired) electrons. The smallest absolute Gasteiger partial charge is 0.115 e. The standard InChI is InChI=1S/C11H20O4/c1-3-4-5-13-9-7-15-10-8(12-2)6-14-11(9)10/h8-11H,3-7H2,1-2H3. The number of fused-ring (bicyclic) bond motifs is 1. The summed E-state index contributed by atoms with van der Waals surface area (Å²) in [4.78, 5) is 0. The molecule has 0 aromatic rings. The second kappa shape index (κ2) is 5.25. The fourth-order valence-corrected chi connectivity index (χ4v) is 2.15. The average molecular weight is 216 g/mol.